The summed E-state index contributed by atoms with van der Waals surface area (Å²) in [6, 6.07) is 3.90. The summed E-state index contributed by atoms with van der Waals surface area (Å²) < 4.78 is 0. The molecule has 1 atom stereocenters. The van der Waals surface area contributed by atoms with Gasteiger partial charge in [-0.2, -0.15) is 0 Å². The second-order valence-corrected chi connectivity index (χ2v) is 3.67. The molecule has 0 spiro atoms. The van der Waals surface area contributed by atoms with Crippen LogP contribution in [0.4, 0.5) is 0 Å². The van der Waals surface area contributed by atoms with E-state index in [-0.39, 0.29) is 11.8 Å². The number of rotatable bonds is 3. The Labute approximate surface area is 84.8 Å². The molecule has 0 aliphatic carbocycles. The van der Waals surface area contributed by atoms with Crippen molar-refractivity contribution in [2.75, 3.05) is 14.1 Å². The third kappa shape index (κ3) is 2.83. The van der Waals surface area contributed by atoms with Gasteiger partial charge in [0.1, 0.15) is 0 Å². The van der Waals surface area contributed by atoms with Crippen LogP contribution in [-0.4, -0.2) is 29.9 Å². The molecule has 0 fully saturated rings. The SMILES string of the molecule is CC(CC(=O)N(C)C)c1ccncc1. The second-order valence-electron chi connectivity index (χ2n) is 3.67. The lowest BCUT2D eigenvalue weighted by molar-refractivity contribution is -0.129. The average molecular weight is 192 g/mol. The van der Waals surface area contributed by atoms with Crippen molar-refractivity contribution in [3.8, 4) is 0 Å². The fraction of sp³-hybridized carbons (Fsp3) is 0.455. The van der Waals surface area contributed by atoms with Crippen LogP contribution in [0, 0.1) is 0 Å². The Morgan fingerprint density at radius 1 is 1.43 bits per heavy atom. The largest absolute Gasteiger partial charge is 0.349 e. The van der Waals surface area contributed by atoms with Gasteiger partial charge in [-0.05, 0) is 23.6 Å². The second kappa shape index (κ2) is 4.74. The van der Waals surface area contributed by atoms with Gasteiger partial charge in [-0.25, -0.2) is 0 Å². The molecule has 0 radical (unpaired) electrons. The maximum absolute atomic E-state index is 11.4. The van der Waals surface area contributed by atoms with E-state index in [1.165, 1.54) is 0 Å². The highest BCUT2D eigenvalue weighted by molar-refractivity contribution is 5.76. The number of carbonyl (C=O) groups is 1. The van der Waals surface area contributed by atoms with Crippen LogP contribution in [0.3, 0.4) is 0 Å². The lowest BCUT2D eigenvalue weighted by Gasteiger charge is -2.15. The van der Waals surface area contributed by atoms with Crippen LogP contribution in [0.5, 0.6) is 0 Å². The predicted molar refractivity (Wildman–Crippen MR) is 56.0 cm³/mol. The van der Waals surface area contributed by atoms with Crippen LogP contribution in [-0.2, 0) is 4.79 Å². The summed E-state index contributed by atoms with van der Waals surface area (Å²) in [7, 11) is 3.56. The van der Waals surface area contributed by atoms with E-state index in [2.05, 4.69) is 11.9 Å². The van der Waals surface area contributed by atoms with Gasteiger partial charge in [0.25, 0.3) is 0 Å². The molecule has 0 saturated heterocycles. The van der Waals surface area contributed by atoms with E-state index in [0.29, 0.717) is 6.42 Å². The molecule has 0 saturated carbocycles. The third-order valence-corrected chi connectivity index (χ3v) is 2.25. The molecule has 1 rings (SSSR count). The number of pyridine rings is 1. The quantitative estimate of drug-likeness (QED) is 0.729. The standard InChI is InChI=1S/C11H16N2O/c1-9(8-11(14)13(2)3)10-4-6-12-7-5-10/h4-7,9H,8H2,1-3H3. The molecule has 76 valence electrons. The van der Waals surface area contributed by atoms with Crippen LogP contribution in [0.2, 0.25) is 0 Å². The van der Waals surface area contributed by atoms with Gasteiger partial charge in [-0.15, -0.1) is 0 Å². The molecule has 0 aliphatic rings. The Kier molecular flexibility index (Phi) is 3.63. The van der Waals surface area contributed by atoms with E-state index in [0.717, 1.165) is 5.56 Å². The van der Waals surface area contributed by atoms with Crippen LogP contribution in [0.1, 0.15) is 24.8 Å². The molecule has 1 amide bonds. The molecule has 1 aromatic heterocycles. The predicted octanol–water partition coefficient (Wildman–Crippen LogP) is 1.66. The molecule has 1 aromatic rings. The van der Waals surface area contributed by atoms with Gasteiger partial charge in [-0.1, -0.05) is 6.92 Å². The topological polar surface area (TPSA) is 33.2 Å². The third-order valence-electron chi connectivity index (χ3n) is 2.25. The van der Waals surface area contributed by atoms with Crippen molar-refractivity contribution in [2.45, 2.75) is 19.3 Å². The number of hydrogen-bond acceptors (Lipinski definition) is 2. The molecule has 3 nitrogen and oxygen atoms in total. The van der Waals surface area contributed by atoms with Crippen molar-refractivity contribution >= 4 is 5.91 Å². The fourth-order valence-corrected chi connectivity index (χ4v) is 1.25. The lowest BCUT2D eigenvalue weighted by atomic mass is 9.98. The van der Waals surface area contributed by atoms with Crippen molar-refractivity contribution in [1.82, 2.24) is 9.88 Å². The number of carbonyl (C=O) groups excluding carboxylic acids is 1. The zero-order valence-corrected chi connectivity index (χ0v) is 8.90. The number of aromatic nitrogens is 1. The van der Waals surface area contributed by atoms with Crippen molar-refractivity contribution in [1.29, 1.82) is 0 Å². The van der Waals surface area contributed by atoms with Crippen LogP contribution in [0.15, 0.2) is 24.5 Å². The number of amides is 1. The van der Waals surface area contributed by atoms with Gasteiger partial charge in [0.2, 0.25) is 5.91 Å². The number of nitrogens with zero attached hydrogens (tertiary/aromatic N) is 2. The highest BCUT2D eigenvalue weighted by Gasteiger charge is 2.11. The summed E-state index contributed by atoms with van der Waals surface area (Å²) in [5.74, 6) is 0.419. The summed E-state index contributed by atoms with van der Waals surface area (Å²) >= 11 is 0. The fourth-order valence-electron chi connectivity index (χ4n) is 1.25. The average Bonchev–Trinajstić information content (AvgIpc) is 2.19. The number of hydrogen-bond donors (Lipinski definition) is 0. The Morgan fingerprint density at radius 3 is 2.50 bits per heavy atom. The molecule has 0 N–H and O–H groups in total. The maximum atomic E-state index is 11.4. The molecule has 1 unspecified atom stereocenters. The van der Waals surface area contributed by atoms with Gasteiger partial charge in [-0.3, -0.25) is 9.78 Å². The van der Waals surface area contributed by atoms with E-state index >= 15 is 0 Å². The molecule has 0 aromatic carbocycles. The van der Waals surface area contributed by atoms with E-state index in [4.69, 9.17) is 0 Å². The summed E-state index contributed by atoms with van der Waals surface area (Å²) in [4.78, 5) is 17.0. The molecule has 14 heavy (non-hydrogen) atoms. The van der Waals surface area contributed by atoms with Crippen LogP contribution < -0.4 is 0 Å². The first-order chi connectivity index (χ1) is 6.61. The van der Waals surface area contributed by atoms with Gasteiger partial charge >= 0.3 is 0 Å². The Bertz CT molecular complexity index is 295. The Balaban J connectivity index is 2.59. The normalized spacial score (nSPS) is 12.2. The maximum Gasteiger partial charge on any atom is 0.222 e. The molecule has 0 bridgehead atoms. The van der Waals surface area contributed by atoms with Crippen LogP contribution in [0.25, 0.3) is 0 Å². The van der Waals surface area contributed by atoms with Crippen molar-refractivity contribution in [3.63, 3.8) is 0 Å². The first kappa shape index (κ1) is 10.7. The highest BCUT2D eigenvalue weighted by Crippen LogP contribution is 2.18. The van der Waals surface area contributed by atoms with Gasteiger partial charge in [0.15, 0.2) is 0 Å². The van der Waals surface area contributed by atoms with Gasteiger partial charge < -0.3 is 4.90 Å². The smallest absolute Gasteiger partial charge is 0.222 e. The monoisotopic (exact) mass is 192 g/mol. The van der Waals surface area contributed by atoms with Crippen molar-refractivity contribution in [2.24, 2.45) is 0 Å². The summed E-state index contributed by atoms with van der Waals surface area (Å²) in [6.07, 6.45) is 4.06. The molecule has 0 aliphatic heterocycles. The highest BCUT2D eigenvalue weighted by atomic mass is 16.2. The first-order valence-corrected chi connectivity index (χ1v) is 4.71. The minimum absolute atomic E-state index is 0.161. The van der Waals surface area contributed by atoms with Crippen molar-refractivity contribution < 1.29 is 4.79 Å². The Hall–Kier alpha value is -1.38. The van der Waals surface area contributed by atoms with Crippen LogP contribution >= 0.6 is 0 Å². The van der Waals surface area contributed by atoms with E-state index in [9.17, 15) is 4.79 Å². The minimum Gasteiger partial charge on any atom is -0.349 e. The van der Waals surface area contributed by atoms with E-state index < -0.39 is 0 Å². The van der Waals surface area contributed by atoms with E-state index in [1.807, 2.05) is 12.1 Å². The zero-order chi connectivity index (χ0) is 10.6. The minimum atomic E-state index is 0.161. The Morgan fingerprint density at radius 2 is 2.00 bits per heavy atom. The summed E-state index contributed by atoms with van der Waals surface area (Å²) in [6.45, 7) is 2.05. The van der Waals surface area contributed by atoms with Crippen molar-refractivity contribution in [3.05, 3.63) is 30.1 Å². The summed E-state index contributed by atoms with van der Waals surface area (Å²) in [5.41, 5.74) is 1.16. The van der Waals surface area contributed by atoms with Gasteiger partial charge in [0, 0.05) is 32.9 Å². The first-order valence-electron chi connectivity index (χ1n) is 4.71. The molecular weight excluding hydrogens is 176 g/mol. The molecule has 3 heteroatoms. The summed E-state index contributed by atoms with van der Waals surface area (Å²) in [5, 5.41) is 0. The molecular formula is C11H16N2O. The van der Waals surface area contributed by atoms with Gasteiger partial charge in [0.05, 0.1) is 0 Å². The zero-order valence-electron chi connectivity index (χ0n) is 8.90. The lowest BCUT2D eigenvalue weighted by Crippen LogP contribution is -2.22. The molecule has 1 heterocycles. The van der Waals surface area contributed by atoms with E-state index in [1.54, 1.807) is 31.4 Å².